The van der Waals surface area contributed by atoms with E-state index >= 15 is 0 Å². The zero-order chi connectivity index (χ0) is 15.7. The molecule has 20 heavy (non-hydrogen) atoms. The van der Waals surface area contributed by atoms with Crippen LogP contribution in [0.2, 0.25) is 0 Å². The lowest BCUT2D eigenvalue weighted by Gasteiger charge is -2.12. The van der Waals surface area contributed by atoms with Crippen molar-refractivity contribution in [3.8, 4) is 0 Å². The highest BCUT2D eigenvalue weighted by Gasteiger charge is 2.40. The number of nitrogens with one attached hydrogen (secondary N) is 1. The van der Waals surface area contributed by atoms with Crippen LogP contribution in [0.3, 0.4) is 0 Å². The second kappa shape index (κ2) is 4.98. The lowest BCUT2D eigenvalue weighted by molar-refractivity contribution is -0.167. The molecule has 11 heteroatoms. The number of aromatic carboxylic acids is 1. The van der Waals surface area contributed by atoms with E-state index in [0.717, 1.165) is 5.32 Å². The number of carboxylic acid groups (broad SMARTS) is 1. The number of halogens is 6. The van der Waals surface area contributed by atoms with E-state index in [4.69, 9.17) is 5.11 Å². The topological polar surface area (TPSA) is 79.3 Å². The van der Waals surface area contributed by atoms with Gasteiger partial charge in [0.25, 0.3) is 0 Å². The first kappa shape index (κ1) is 15.7. The molecule has 0 saturated heterocycles. The number of hydrogen-bond acceptors (Lipinski definition) is 3. The van der Waals surface area contributed by atoms with Crippen molar-refractivity contribution in [2.45, 2.75) is 12.4 Å². The monoisotopic (exact) mass is 302 g/mol. The number of carbonyl (C=O) groups is 2. The van der Waals surface area contributed by atoms with E-state index in [1.807, 2.05) is 0 Å². The van der Waals surface area contributed by atoms with Crippen LogP contribution in [0, 0.1) is 0 Å². The Kier molecular flexibility index (Phi) is 3.92. The van der Waals surface area contributed by atoms with Gasteiger partial charge < -0.3 is 10.4 Å². The maximum absolute atomic E-state index is 12.3. The Bertz CT molecular complexity index is 552. The van der Waals surface area contributed by atoms with E-state index in [1.165, 1.54) is 0 Å². The van der Waals surface area contributed by atoms with Crippen molar-refractivity contribution in [1.29, 1.82) is 0 Å². The maximum atomic E-state index is 12.3. The number of amides is 1. The van der Waals surface area contributed by atoms with Crippen LogP contribution in [-0.4, -0.2) is 28.1 Å². The van der Waals surface area contributed by atoms with Gasteiger partial charge in [-0.2, -0.15) is 26.3 Å². The Hall–Kier alpha value is -2.33. The summed E-state index contributed by atoms with van der Waals surface area (Å²) in [5, 5.41) is 9.61. The molecule has 0 aliphatic carbocycles. The van der Waals surface area contributed by atoms with Gasteiger partial charge in [-0.05, 0) is 12.1 Å². The third-order valence-electron chi connectivity index (χ3n) is 1.91. The van der Waals surface area contributed by atoms with Crippen molar-refractivity contribution in [1.82, 2.24) is 4.98 Å². The van der Waals surface area contributed by atoms with Crippen LogP contribution < -0.4 is 5.32 Å². The Balaban J connectivity index is 3.27. The molecule has 0 bridgehead atoms. The number of pyridine rings is 1. The van der Waals surface area contributed by atoms with Gasteiger partial charge in [0.05, 0.1) is 0 Å². The first-order chi connectivity index (χ1) is 8.93. The van der Waals surface area contributed by atoms with Crippen molar-refractivity contribution in [3.05, 3.63) is 23.4 Å². The van der Waals surface area contributed by atoms with Crippen molar-refractivity contribution < 1.29 is 41.0 Å². The van der Waals surface area contributed by atoms with Gasteiger partial charge in [-0.3, -0.25) is 4.79 Å². The molecule has 1 amide bonds. The van der Waals surface area contributed by atoms with Crippen LogP contribution in [0.1, 0.15) is 16.1 Å². The molecule has 0 fully saturated rings. The molecule has 0 aliphatic heterocycles. The van der Waals surface area contributed by atoms with Gasteiger partial charge in [0.1, 0.15) is 17.1 Å². The summed E-state index contributed by atoms with van der Waals surface area (Å²) in [6.45, 7) is 0. The van der Waals surface area contributed by atoms with Crippen molar-refractivity contribution >= 4 is 17.7 Å². The molecule has 0 radical (unpaired) electrons. The molecule has 0 atom stereocenters. The third-order valence-corrected chi connectivity index (χ3v) is 1.91. The fraction of sp³-hybridized carbons (Fsp3) is 0.222. The Labute approximate surface area is 106 Å². The minimum atomic E-state index is -5.40. The summed E-state index contributed by atoms with van der Waals surface area (Å²) < 4.78 is 73.0. The summed E-state index contributed by atoms with van der Waals surface area (Å²) in [5.41, 5.74) is -2.64. The summed E-state index contributed by atoms with van der Waals surface area (Å²) in [7, 11) is 0. The molecule has 1 rings (SSSR count). The molecule has 0 aromatic carbocycles. The quantitative estimate of drug-likeness (QED) is 0.822. The number of carboxylic acids is 1. The number of rotatable bonds is 2. The third kappa shape index (κ3) is 3.59. The second-order valence-electron chi connectivity index (χ2n) is 3.35. The van der Waals surface area contributed by atoms with Crippen molar-refractivity contribution in [2.24, 2.45) is 0 Å². The molecule has 0 saturated carbocycles. The van der Waals surface area contributed by atoms with Crippen LogP contribution in [0.15, 0.2) is 12.1 Å². The van der Waals surface area contributed by atoms with E-state index in [9.17, 15) is 35.9 Å². The number of nitrogens with zero attached hydrogens (tertiary/aromatic N) is 1. The van der Waals surface area contributed by atoms with Crippen LogP contribution in [0.5, 0.6) is 0 Å². The SMILES string of the molecule is O=C(O)c1ccc(C(F)(F)F)nc1NC(=O)C(F)(F)F. The van der Waals surface area contributed by atoms with E-state index in [1.54, 1.807) is 0 Å². The fourth-order valence-corrected chi connectivity index (χ4v) is 1.06. The average Bonchev–Trinajstić information content (AvgIpc) is 2.25. The van der Waals surface area contributed by atoms with Crippen molar-refractivity contribution in [3.63, 3.8) is 0 Å². The average molecular weight is 302 g/mol. The maximum Gasteiger partial charge on any atom is 0.471 e. The Morgan fingerprint density at radius 1 is 1.10 bits per heavy atom. The largest absolute Gasteiger partial charge is 0.478 e. The number of anilines is 1. The minimum absolute atomic E-state index is 0.271. The van der Waals surface area contributed by atoms with Crippen LogP contribution >= 0.6 is 0 Å². The zero-order valence-corrected chi connectivity index (χ0v) is 9.13. The molecule has 2 N–H and O–H groups in total. The van der Waals surface area contributed by atoms with Gasteiger partial charge in [0.15, 0.2) is 0 Å². The van der Waals surface area contributed by atoms with Crippen LogP contribution in [0.4, 0.5) is 32.2 Å². The molecule has 0 aliphatic rings. The van der Waals surface area contributed by atoms with E-state index in [0.29, 0.717) is 6.07 Å². The lowest BCUT2D eigenvalue weighted by Crippen LogP contribution is -2.31. The zero-order valence-electron chi connectivity index (χ0n) is 9.13. The molecule has 1 aromatic heterocycles. The predicted octanol–water partition coefficient (Wildman–Crippen LogP) is 2.30. The van der Waals surface area contributed by atoms with E-state index in [-0.39, 0.29) is 6.07 Å². The van der Waals surface area contributed by atoms with Gasteiger partial charge >= 0.3 is 24.2 Å². The first-order valence-corrected chi connectivity index (χ1v) is 4.62. The highest BCUT2D eigenvalue weighted by molar-refractivity contribution is 6.01. The second-order valence-corrected chi connectivity index (χ2v) is 3.35. The van der Waals surface area contributed by atoms with Crippen molar-refractivity contribution in [2.75, 3.05) is 5.32 Å². The van der Waals surface area contributed by atoms with Gasteiger partial charge in [0, 0.05) is 0 Å². The van der Waals surface area contributed by atoms with Gasteiger partial charge in [-0.1, -0.05) is 0 Å². The molecule has 110 valence electrons. The highest BCUT2D eigenvalue weighted by Crippen LogP contribution is 2.30. The highest BCUT2D eigenvalue weighted by atomic mass is 19.4. The van der Waals surface area contributed by atoms with Crippen LogP contribution in [0.25, 0.3) is 0 Å². The summed E-state index contributed by atoms with van der Waals surface area (Å²) >= 11 is 0. The minimum Gasteiger partial charge on any atom is -0.478 e. The lowest BCUT2D eigenvalue weighted by atomic mass is 10.2. The summed E-state index contributed by atoms with van der Waals surface area (Å²) in [6, 6.07) is 0.664. The number of aromatic nitrogens is 1. The number of carbonyl (C=O) groups excluding carboxylic acids is 1. The first-order valence-electron chi connectivity index (χ1n) is 4.62. The van der Waals surface area contributed by atoms with E-state index < -0.39 is 41.3 Å². The van der Waals surface area contributed by atoms with E-state index in [2.05, 4.69) is 4.98 Å². The summed E-state index contributed by atoms with van der Waals surface area (Å²) in [4.78, 5) is 24.0. The van der Waals surface area contributed by atoms with Gasteiger partial charge in [0.2, 0.25) is 0 Å². The Morgan fingerprint density at radius 3 is 2.05 bits per heavy atom. The standard InChI is InChI=1S/C9H4F6N2O3/c10-8(11,12)4-2-1-3(6(18)19)5(16-4)17-7(20)9(13,14)15/h1-2H,(H,18,19)(H,16,17,20). The Morgan fingerprint density at radius 2 is 1.65 bits per heavy atom. The van der Waals surface area contributed by atoms with Gasteiger partial charge in [-0.25, -0.2) is 9.78 Å². The molecular weight excluding hydrogens is 298 g/mol. The molecule has 0 spiro atoms. The summed E-state index contributed by atoms with van der Waals surface area (Å²) in [6.07, 6.45) is -10.4. The summed E-state index contributed by atoms with van der Waals surface area (Å²) in [5.74, 6) is -5.81. The smallest absolute Gasteiger partial charge is 0.471 e. The molecule has 5 nitrogen and oxygen atoms in total. The predicted molar refractivity (Wildman–Crippen MR) is 50.9 cm³/mol. The molecule has 1 heterocycles. The van der Waals surface area contributed by atoms with Gasteiger partial charge in [-0.15, -0.1) is 0 Å². The number of alkyl halides is 6. The molecule has 1 aromatic rings. The molecule has 0 unspecified atom stereocenters. The fourth-order valence-electron chi connectivity index (χ4n) is 1.06. The normalized spacial score (nSPS) is 12.1. The number of hydrogen-bond donors (Lipinski definition) is 2. The molecular formula is C9H4F6N2O3. The van der Waals surface area contributed by atoms with Crippen LogP contribution in [-0.2, 0) is 11.0 Å².